The van der Waals surface area contributed by atoms with E-state index in [0.717, 1.165) is 6.92 Å². The van der Waals surface area contributed by atoms with Crippen LogP contribution in [0.1, 0.15) is 75.8 Å². The van der Waals surface area contributed by atoms with Crippen LogP contribution in [-0.2, 0) is 32.0 Å². The minimum absolute atomic E-state index is 0.0510. The van der Waals surface area contributed by atoms with E-state index in [-0.39, 0.29) is 34.4 Å². The van der Waals surface area contributed by atoms with Gasteiger partial charge >= 0.3 is 0 Å². The van der Waals surface area contributed by atoms with Crippen molar-refractivity contribution >= 4 is 28.6 Å². The molecule has 6 N–H and O–H groups in total. The van der Waals surface area contributed by atoms with Gasteiger partial charge in [-0.25, -0.2) is 8.93 Å². The lowest BCUT2D eigenvalue weighted by Gasteiger charge is -2.42. The molecule has 14 heteroatoms. The summed E-state index contributed by atoms with van der Waals surface area (Å²) in [6.45, 7) is 2.64. The van der Waals surface area contributed by atoms with E-state index < -0.39 is 100 Å². The molecule has 3 aliphatic rings. The number of aliphatic hydroxyl groups is 2. The zero-order valence-corrected chi connectivity index (χ0v) is 23.1. The Labute approximate surface area is 236 Å². The molecular formula is C27H29NO12S. The van der Waals surface area contributed by atoms with Gasteiger partial charge in [0.2, 0.25) is 17.0 Å². The summed E-state index contributed by atoms with van der Waals surface area (Å²) in [5.41, 5.74) is -3.46. The monoisotopic (exact) mass is 591 g/mol. The number of aromatic hydroxyl groups is 2. The maximum Gasteiger partial charge on any atom is 0.232 e. The van der Waals surface area contributed by atoms with Gasteiger partial charge in [-0.05, 0) is 19.9 Å². The van der Waals surface area contributed by atoms with Gasteiger partial charge < -0.3 is 34.6 Å². The summed E-state index contributed by atoms with van der Waals surface area (Å²) in [6.07, 6.45) is -5.63. The zero-order valence-electron chi connectivity index (χ0n) is 22.2. The molecule has 2 aromatic rings. The number of carbonyl (C=O) groups excluding carboxylic acids is 3. The lowest BCUT2D eigenvalue weighted by Crippen LogP contribution is -2.54. The van der Waals surface area contributed by atoms with Gasteiger partial charge in [0.15, 0.2) is 17.9 Å². The number of Topliss-reactive ketones (excluding diaryl/α,β-unsaturated/α-hetero) is 1. The SMILES string of the molecule is COc1cccc2c1C(=O)c1c(O)c3c(c(O)c1C2=O)C[C@@](O)(C(C)=O)C[C@@H]3OC1CC(NS(=O)O)C(O)C(C)O1. The molecule has 1 heterocycles. The Hall–Kier alpha value is -3.24. The van der Waals surface area contributed by atoms with Crippen LogP contribution in [0.4, 0.5) is 0 Å². The first-order valence-electron chi connectivity index (χ1n) is 12.8. The normalized spacial score (nSPS) is 29.8. The molecule has 41 heavy (non-hydrogen) atoms. The van der Waals surface area contributed by atoms with Crippen LogP contribution >= 0.6 is 0 Å². The molecule has 1 aliphatic heterocycles. The van der Waals surface area contributed by atoms with Crippen molar-refractivity contribution < 1.29 is 57.8 Å². The summed E-state index contributed by atoms with van der Waals surface area (Å²) < 4.78 is 40.0. The van der Waals surface area contributed by atoms with Crippen molar-refractivity contribution in [2.75, 3.05) is 7.11 Å². The largest absolute Gasteiger partial charge is 0.507 e. The van der Waals surface area contributed by atoms with Crippen LogP contribution in [0.2, 0.25) is 0 Å². The van der Waals surface area contributed by atoms with Gasteiger partial charge in [0.1, 0.15) is 22.8 Å². The van der Waals surface area contributed by atoms with Crippen LogP contribution in [-0.4, -0.2) is 83.8 Å². The average Bonchev–Trinajstić information content (AvgIpc) is 2.91. The van der Waals surface area contributed by atoms with E-state index in [9.17, 15) is 43.6 Å². The smallest absolute Gasteiger partial charge is 0.232 e. The van der Waals surface area contributed by atoms with Gasteiger partial charge in [0.05, 0.1) is 48.2 Å². The highest BCUT2D eigenvalue weighted by Crippen LogP contribution is 2.52. The van der Waals surface area contributed by atoms with Crippen LogP contribution in [0.5, 0.6) is 17.2 Å². The summed E-state index contributed by atoms with van der Waals surface area (Å²) in [5.74, 6) is -3.49. The van der Waals surface area contributed by atoms with Gasteiger partial charge in [0, 0.05) is 36.0 Å². The molecule has 1 saturated heterocycles. The van der Waals surface area contributed by atoms with E-state index in [1.165, 1.54) is 32.2 Å². The summed E-state index contributed by atoms with van der Waals surface area (Å²) in [7, 11) is 1.32. The topological polar surface area (TPSA) is 209 Å². The number of phenols is 2. The maximum absolute atomic E-state index is 13.7. The number of fused-ring (bicyclic) bond motifs is 3. The minimum atomic E-state index is -2.47. The molecule has 5 rings (SSSR count). The van der Waals surface area contributed by atoms with Crippen LogP contribution < -0.4 is 9.46 Å². The van der Waals surface area contributed by atoms with Crippen molar-refractivity contribution in [3.05, 3.63) is 51.6 Å². The fourth-order valence-corrected chi connectivity index (χ4v) is 6.36. The van der Waals surface area contributed by atoms with Crippen molar-refractivity contribution in [3.63, 3.8) is 0 Å². The summed E-state index contributed by atoms with van der Waals surface area (Å²) in [4.78, 5) is 39.8. The Balaban J connectivity index is 1.64. The molecule has 0 radical (unpaired) electrons. The average molecular weight is 592 g/mol. The molecule has 2 aromatic carbocycles. The molecule has 7 atom stereocenters. The highest BCUT2D eigenvalue weighted by atomic mass is 32.2. The van der Waals surface area contributed by atoms with Gasteiger partial charge in [-0.1, -0.05) is 12.1 Å². The van der Waals surface area contributed by atoms with Gasteiger partial charge in [-0.3, -0.25) is 18.9 Å². The lowest BCUT2D eigenvalue weighted by atomic mass is 9.72. The Morgan fingerprint density at radius 2 is 1.83 bits per heavy atom. The molecule has 0 saturated carbocycles. The Morgan fingerprint density at radius 3 is 2.46 bits per heavy atom. The number of benzene rings is 2. The molecule has 13 nitrogen and oxygen atoms in total. The second kappa shape index (κ2) is 10.5. The summed E-state index contributed by atoms with van der Waals surface area (Å²) in [6, 6.07) is 3.41. The van der Waals surface area contributed by atoms with Gasteiger partial charge in [0.25, 0.3) is 0 Å². The van der Waals surface area contributed by atoms with Crippen molar-refractivity contribution in [2.24, 2.45) is 0 Å². The molecule has 1 fully saturated rings. The number of ketones is 3. The van der Waals surface area contributed by atoms with Gasteiger partial charge in [-0.2, -0.15) is 0 Å². The number of ether oxygens (including phenoxy) is 3. The fraction of sp³-hybridized carbons (Fsp3) is 0.444. The third kappa shape index (κ3) is 4.74. The molecule has 0 spiro atoms. The number of rotatable bonds is 6. The standard InChI is InChI=1S/C27H29NO12S/c1-10-22(30)14(28-41(36)37)7-17(39-10)40-16-9-27(35,11(2)29)8-13-19(16)26(34)21-20(24(13)32)23(31)12-5-4-6-15(38-3)18(12)25(21)33/h4-6,10,14,16-17,22,28,30,32,34-35H,7-9H2,1-3H3,(H,36,37)/t10?,14?,16-,17?,22?,27-/m0/s1. The molecule has 5 unspecified atom stereocenters. The number of phenolic OH excluding ortho intramolecular Hbond substituents is 2. The highest BCUT2D eigenvalue weighted by molar-refractivity contribution is 7.77. The van der Waals surface area contributed by atoms with E-state index >= 15 is 0 Å². The van der Waals surface area contributed by atoms with Gasteiger partial charge in [-0.15, -0.1) is 0 Å². The first-order valence-corrected chi connectivity index (χ1v) is 13.9. The quantitative estimate of drug-likeness (QED) is 0.174. The number of carbonyl (C=O) groups is 3. The Bertz CT molecular complexity index is 1490. The molecule has 220 valence electrons. The van der Waals surface area contributed by atoms with Crippen LogP contribution in [0, 0.1) is 0 Å². The van der Waals surface area contributed by atoms with E-state index in [1.807, 2.05) is 0 Å². The molecule has 0 aromatic heterocycles. The molecule has 0 bridgehead atoms. The highest BCUT2D eigenvalue weighted by Gasteiger charge is 2.49. The lowest BCUT2D eigenvalue weighted by molar-refractivity contribution is -0.248. The number of hydrogen-bond donors (Lipinski definition) is 6. The number of methoxy groups -OCH3 is 1. The Kier molecular flexibility index (Phi) is 7.53. The second-order valence-corrected chi connectivity index (χ2v) is 11.2. The number of nitrogens with one attached hydrogen (secondary N) is 1. The minimum Gasteiger partial charge on any atom is -0.507 e. The molecule has 2 aliphatic carbocycles. The first kappa shape index (κ1) is 29.3. The van der Waals surface area contributed by atoms with E-state index in [2.05, 4.69) is 4.72 Å². The third-order valence-electron chi connectivity index (χ3n) is 8.01. The van der Waals surface area contributed by atoms with Crippen LogP contribution in [0.15, 0.2) is 18.2 Å². The first-order chi connectivity index (χ1) is 19.3. The predicted octanol–water partition coefficient (Wildman–Crippen LogP) is 0.796. The van der Waals surface area contributed by atoms with Crippen molar-refractivity contribution in [1.29, 1.82) is 0 Å². The van der Waals surface area contributed by atoms with E-state index in [4.69, 9.17) is 14.2 Å². The van der Waals surface area contributed by atoms with E-state index in [1.54, 1.807) is 0 Å². The second-order valence-electron chi connectivity index (χ2n) is 10.4. The maximum atomic E-state index is 13.7. The summed E-state index contributed by atoms with van der Waals surface area (Å²) in [5, 5.41) is 44.5. The molecular weight excluding hydrogens is 562 g/mol. The third-order valence-corrected chi connectivity index (χ3v) is 8.51. The van der Waals surface area contributed by atoms with Crippen molar-refractivity contribution in [3.8, 4) is 17.2 Å². The predicted molar refractivity (Wildman–Crippen MR) is 140 cm³/mol. The van der Waals surface area contributed by atoms with Crippen molar-refractivity contribution in [1.82, 2.24) is 4.72 Å². The van der Waals surface area contributed by atoms with E-state index in [0.29, 0.717) is 0 Å². The zero-order chi connectivity index (χ0) is 30.0. The van der Waals surface area contributed by atoms with Crippen LogP contribution in [0.25, 0.3) is 0 Å². The van der Waals surface area contributed by atoms with Crippen LogP contribution in [0.3, 0.4) is 0 Å². The Morgan fingerprint density at radius 1 is 1.15 bits per heavy atom. The number of aliphatic hydroxyl groups excluding tert-OH is 1. The van der Waals surface area contributed by atoms with Crippen molar-refractivity contribution in [2.45, 2.75) is 69.4 Å². The number of hydrogen-bond acceptors (Lipinski definition) is 11. The summed E-state index contributed by atoms with van der Waals surface area (Å²) >= 11 is -2.47. The molecule has 0 amide bonds. The fourth-order valence-electron chi connectivity index (χ4n) is 5.87.